The van der Waals surface area contributed by atoms with E-state index in [1.54, 1.807) is 0 Å². The fourth-order valence-corrected chi connectivity index (χ4v) is 1.37. The lowest BCUT2D eigenvalue weighted by atomic mass is 10.1. The highest BCUT2D eigenvalue weighted by molar-refractivity contribution is 4.46. The summed E-state index contributed by atoms with van der Waals surface area (Å²) in [4.78, 5) is 0. The van der Waals surface area contributed by atoms with Crippen molar-refractivity contribution in [3.63, 3.8) is 0 Å². The van der Waals surface area contributed by atoms with Crippen molar-refractivity contribution < 1.29 is 9.22 Å². The topological polar surface area (TPSA) is 9.23 Å². The first-order chi connectivity index (χ1) is 6.92. The summed E-state index contributed by atoms with van der Waals surface area (Å²) in [6.07, 6.45) is 5.27. The molecule has 0 aromatic rings. The molecular weight excluding hydrogens is 186 g/mol. The smallest absolute Gasteiger partial charge is 0.102 e. The molecule has 0 amide bonds. The Hall–Kier alpha value is -0.0800. The van der Waals surface area contributed by atoms with Crippen LogP contribution in [0.25, 0.3) is 0 Å². The van der Waals surface area contributed by atoms with E-state index in [1.807, 2.05) is 0 Å². The van der Waals surface area contributed by atoms with Crippen LogP contribution in [0.3, 0.4) is 0 Å². The molecule has 92 valence electrons. The quantitative estimate of drug-likeness (QED) is 0.425. The number of ether oxygens (including phenoxy) is 1. The summed E-state index contributed by atoms with van der Waals surface area (Å²) in [5, 5.41) is 0. The molecule has 0 saturated heterocycles. The molecule has 0 aromatic carbocycles. The average molecular weight is 216 g/mol. The summed E-state index contributed by atoms with van der Waals surface area (Å²) >= 11 is 0. The molecule has 0 unspecified atom stereocenters. The number of unbranched alkanes of at least 4 members (excludes halogenated alkanes) is 2. The Bertz CT molecular complexity index is 138. The van der Waals surface area contributed by atoms with Gasteiger partial charge in [-0.25, -0.2) is 0 Å². The average Bonchev–Trinajstić information content (AvgIpc) is 2.07. The Kier molecular flexibility index (Phi) is 8.07. The Morgan fingerprint density at radius 3 is 2.13 bits per heavy atom. The summed E-state index contributed by atoms with van der Waals surface area (Å²) in [5.41, 5.74) is 0. The molecule has 0 radical (unpaired) electrons. The summed E-state index contributed by atoms with van der Waals surface area (Å²) in [6, 6.07) is 0. The number of hydrogen-bond donors (Lipinski definition) is 0. The van der Waals surface area contributed by atoms with E-state index in [0.29, 0.717) is 0 Å². The number of likely N-dealkylation sites (N-methyl/N-ethyl adjacent to an activating group) is 1. The highest BCUT2D eigenvalue weighted by Gasteiger charge is 2.05. The molecule has 0 saturated carbocycles. The van der Waals surface area contributed by atoms with Crippen LogP contribution in [0.1, 0.15) is 39.5 Å². The van der Waals surface area contributed by atoms with Gasteiger partial charge in [-0.2, -0.15) is 0 Å². The van der Waals surface area contributed by atoms with Gasteiger partial charge in [-0.15, -0.1) is 0 Å². The van der Waals surface area contributed by atoms with Gasteiger partial charge in [0, 0.05) is 6.61 Å². The Labute approximate surface area is 96.2 Å². The molecule has 15 heavy (non-hydrogen) atoms. The van der Waals surface area contributed by atoms with Gasteiger partial charge in [-0.1, -0.05) is 33.1 Å². The van der Waals surface area contributed by atoms with E-state index in [2.05, 4.69) is 35.0 Å². The van der Waals surface area contributed by atoms with Gasteiger partial charge in [-0.05, 0) is 12.3 Å². The van der Waals surface area contributed by atoms with Crippen LogP contribution in [0.15, 0.2) is 0 Å². The van der Waals surface area contributed by atoms with Gasteiger partial charge in [0.2, 0.25) is 0 Å². The first kappa shape index (κ1) is 14.9. The SMILES string of the molecule is CC(C)CCCCCOCC[N+](C)(C)C. The molecule has 0 rings (SSSR count). The molecule has 2 heteroatoms. The fourth-order valence-electron chi connectivity index (χ4n) is 1.37. The Balaban J connectivity index is 3.06. The van der Waals surface area contributed by atoms with Crippen LogP contribution in [-0.4, -0.2) is 45.4 Å². The van der Waals surface area contributed by atoms with E-state index in [1.165, 1.54) is 25.7 Å². The molecule has 0 aliphatic rings. The largest absolute Gasteiger partial charge is 0.376 e. The molecule has 0 bridgehead atoms. The first-order valence-electron chi connectivity index (χ1n) is 6.30. The highest BCUT2D eigenvalue weighted by atomic mass is 16.5. The molecule has 0 heterocycles. The van der Waals surface area contributed by atoms with E-state index in [-0.39, 0.29) is 0 Å². The Morgan fingerprint density at radius 1 is 0.933 bits per heavy atom. The minimum atomic E-state index is 0.851. The van der Waals surface area contributed by atoms with Gasteiger partial charge in [-0.3, -0.25) is 0 Å². The lowest BCUT2D eigenvalue weighted by Crippen LogP contribution is -2.37. The molecule has 0 fully saturated rings. The maximum Gasteiger partial charge on any atom is 0.102 e. The van der Waals surface area contributed by atoms with Crippen LogP contribution in [0.2, 0.25) is 0 Å². The van der Waals surface area contributed by atoms with E-state index in [9.17, 15) is 0 Å². The number of hydrogen-bond acceptors (Lipinski definition) is 1. The summed E-state index contributed by atoms with van der Waals surface area (Å²) < 4.78 is 6.59. The minimum absolute atomic E-state index is 0.851. The fraction of sp³-hybridized carbons (Fsp3) is 1.00. The summed E-state index contributed by atoms with van der Waals surface area (Å²) in [7, 11) is 6.60. The standard InChI is InChI=1S/C13H30NO/c1-13(2)9-7-6-8-11-15-12-10-14(3,4)5/h13H,6-12H2,1-5H3/q+1. The van der Waals surface area contributed by atoms with Crippen LogP contribution >= 0.6 is 0 Å². The highest BCUT2D eigenvalue weighted by Crippen LogP contribution is 2.07. The van der Waals surface area contributed by atoms with Crippen molar-refractivity contribution >= 4 is 0 Å². The van der Waals surface area contributed by atoms with Gasteiger partial charge in [0.15, 0.2) is 0 Å². The maximum atomic E-state index is 5.60. The van der Waals surface area contributed by atoms with Crippen LogP contribution in [-0.2, 0) is 4.74 Å². The first-order valence-corrected chi connectivity index (χ1v) is 6.30. The van der Waals surface area contributed by atoms with E-state index in [0.717, 1.165) is 30.2 Å². The second-order valence-corrected chi connectivity index (χ2v) is 5.87. The van der Waals surface area contributed by atoms with E-state index >= 15 is 0 Å². The molecule has 0 N–H and O–H groups in total. The Morgan fingerprint density at radius 2 is 1.60 bits per heavy atom. The van der Waals surface area contributed by atoms with Crippen molar-refractivity contribution in [3.8, 4) is 0 Å². The monoisotopic (exact) mass is 216 g/mol. The van der Waals surface area contributed by atoms with E-state index in [4.69, 9.17) is 4.74 Å². The normalized spacial score (nSPS) is 12.4. The zero-order chi connectivity index (χ0) is 11.7. The molecule has 0 aliphatic heterocycles. The molecule has 0 aromatic heterocycles. The third-order valence-electron chi connectivity index (χ3n) is 2.48. The molecule has 2 nitrogen and oxygen atoms in total. The van der Waals surface area contributed by atoms with Crippen molar-refractivity contribution in [3.05, 3.63) is 0 Å². The van der Waals surface area contributed by atoms with Crippen LogP contribution in [0.4, 0.5) is 0 Å². The summed E-state index contributed by atoms with van der Waals surface area (Å²) in [6.45, 7) is 7.52. The minimum Gasteiger partial charge on any atom is -0.376 e. The molecule has 0 aliphatic carbocycles. The van der Waals surface area contributed by atoms with Crippen molar-refractivity contribution in [2.75, 3.05) is 40.9 Å². The van der Waals surface area contributed by atoms with Gasteiger partial charge < -0.3 is 9.22 Å². The van der Waals surface area contributed by atoms with Crippen LogP contribution < -0.4 is 0 Å². The third-order valence-corrected chi connectivity index (χ3v) is 2.48. The second kappa shape index (κ2) is 8.12. The predicted molar refractivity (Wildman–Crippen MR) is 67.0 cm³/mol. The van der Waals surface area contributed by atoms with Crippen LogP contribution in [0, 0.1) is 5.92 Å². The van der Waals surface area contributed by atoms with E-state index < -0.39 is 0 Å². The lowest BCUT2D eigenvalue weighted by molar-refractivity contribution is -0.870. The van der Waals surface area contributed by atoms with Crippen molar-refractivity contribution in [2.45, 2.75) is 39.5 Å². The van der Waals surface area contributed by atoms with Crippen molar-refractivity contribution in [2.24, 2.45) is 5.92 Å². The molecular formula is C13H30NO+. The van der Waals surface area contributed by atoms with Gasteiger partial charge in [0.25, 0.3) is 0 Å². The zero-order valence-electron chi connectivity index (χ0n) is 11.4. The predicted octanol–water partition coefficient (Wildman–Crippen LogP) is 2.93. The molecule has 0 spiro atoms. The maximum absolute atomic E-state index is 5.60. The van der Waals surface area contributed by atoms with Crippen molar-refractivity contribution in [1.29, 1.82) is 0 Å². The van der Waals surface area contributed by atoms with Gasteiger partial charge in [0.05, 0.1) is 27.7 Å². The molecule has 0 atom stereocenters. The second-order valence-electron chi connectivity index (χ2n) is 5.87. The summed E-state index contributed by atoms with van der Waals surface area (Å²) in [5.74, 6) is 0.851. The van der Waals surface area contributed by atoms with Gasteiger partial charge in [0.1, 0.15) is 6.54 Å². The van der Waals surface area contributed by atoms with Crippen molar-refractivity contribution in [1.82, 2.24) is 0 Å². The number of rotatable bonds is 9. The zero-order valence-corrected chi connectivity index (χ0v) is 11.4. The lowest BCUT2D eigenvalue weighted by Gasteiger charge is -2.23. The third kappa shape index (κ3) is 13.9. The van der Waals surface area contributed by atoms with Gasteiger partial charge >= 0.3 is 0 Å². The number of quaternary nitrogens is 1. The number of nitrogens with zero attached hydrogens (tertiary/aromatic N) is 1. The van der Waals surface area contributed by atoms with Crippen LogP contribution in [0.5, 0.6) is 0 Å².